The van der Waals surface area contributed by atoms with Gasteiger partial charge in [-0.2, -0.15) is 5.10 Å². The smallest absolute Gasteiger partial charge is 0.261 e. The molecule has 0 aromatic carbocycles. The van der Waals surface area contributed by atoms with Crippen LogP contribution in [0.15, 0.2) is 23.6 Å². The monoisotopic (exact) mass is 291 g/mol. The molecule has 0 radical (unpaired) electrons. The van der Waals surface area contributed by atoms with Crippen molar-refractivity contribution >= 4 is 38.8 Å². The molecule has 3 aromatic rings. The summed E-state index contributed by atoms with van der Waals surface area (Å²) in [6.07, 6.45) is 0. The molecular formula is C13H13N3OS2. The average Bonchev–Trinajstić information content (AvgIpc) is 3.08. The Kier molecular flexibility index (Phi) is 3.12. The summed E-state index contributed by atoms with van der Waals surface area (Å²) in [6.45, 7) is 2.55. The summed E-state index contributed by atoms with van der Waals surface area (Å²) >= 11 is 3.13. The van der Waals surface area contributed by atoms with Crippen LogP contribution in [0, 0.1) is 6.92 Å². The van der Waals surface area contributed by atoms with E-state index < -0.39 is 0 Å². The molecule has 0 atom stereocenters. The average molecular weight is 291 g/mol. The number of amides is 1. The van der Waals surface area contributed by atoms with Gasteiger partial charge in [-0.15, -0.1) is 22.7 Å². The number of nitrogens with one attached hydrogen (secondary N) is 1. The molecule has 98 valence electrons. The predicted octanol–water partition coefficient (Wildman–Crippen LogP) is 2.93. The number of hydrogen-bond acceptors (Lipinski definition) is 4. The first kappa shape index (κ1) is 12.4. The van der Waals surface area contributed by atoms with Crippen LogP contribution in [0.3, 0.4) is 0 Å². The van der Waals surface area contributed by atoms with Crippen LogP contribution in [0.25, 0.3) is 10.2 Å². The highest BCUT2D eigenvalue weighted by molar-refractivity contribution is 7.20. The molecule has 3 aromatic heterocycles. The fraction of sp³-hybridized carbons (Fsp3) is 0.231. The molecule has 19 heavy (non-hydrogen) atoms. The summed E-state index contributed by atoms with van der Waals surface area (Å²) in [4.78, 5) is 15.0. The van der Waals surface area contributed by atoms with Crippen LogP contribution in [-0.2, 0) is 13.6 Å². The molecule has 0 saturated carbocycles. The second-order valence-electron chi connectivity index (χ2n) is 4.30. The van der Waals surface area contributed by atoms with Gasteiger partial charge in [0.25, 0.3) is 5.91 Å². The van der Waals surface area contributed by atoms with Gasteiger partial charge in [0.05, 0.1) is 17.1 Å². The predicted molar refractivity (Wildman–Crippen MR) is 78.8 cm³/mol. The molecule has 0 unspecified atom stereocenters. The number of aromatic nitrogens is 2. The topological polar surface area (TPSA) is 46.9 Å². The van der Waals surface area contributed by atoms with E-state index in [0.717, 1.165) is 25.7 Å². The third-order valence-electron chi connectivity index (χ3n) is 2.92. The summed E-state index contributed by atoms with van der Waals surface area (Å²) in [5.41, 5.74) is 0.964. The first-order chi connectivity index (χ1) is 9.15. The van der Waals surface area contributed by atoms with E-state index in [2.05, 4.69) is 10.4 Å². The first-order valence-corrected chi connectivity index (χ1v) is 7.58. The quantitative estimate of drug-likeness (QED) is 0.806. The summed E-state index contributed by atoms with van der Waals surface area (Å²) in [5, 5.41) is 10.4. The van der Waals surface area contributed by atoms with Crippen molar-refractivity contribution in [2.24, 2.45) is 7.05 Å². The van der Waals surface area contributed by atoms with Gasteiger partial charge < -0.3 is 5.32 Å². The Labute approximate surface area is 118 Å². The van der Waals surface area contributed by atoms with E-state index in [0.29, 0.717) is 6.54 Å². The molecule has 3 heterocycles. The maximum atomic E-state index is 12.1. The zero-order valence-corrected chi connectivity index (χ0v) is 12.3. The zero-order chi connectivity index (χ0) is 13.4. The summed E-state index contributed by atoms with van der Waals surface area (Å²) < 4.78 is 1.82. The minimum absolute atomic E-state index is 0.0194. The number of carbonyl (C=O) groups is 1. The van der Waals surface area contributed by atoms with E-state index in [1.54, 1.807) is 11.3 Å². The second kappa shape index (κ2) is 4.79. The van der Waals surface area contributed by atoms with Gasteiger partial charge in [0.1, 0.15) is 4.83 Å². The number of aryl methyl sites for hydroxylation is 2. The highest BCUT2D eigenvalue weighted by Gasteiger charge is 2.14. The largest absolute Gasteiger partial charge is 0.346 e. The third-order valence-corrected chi connectivity index (χ3v) is 5.00. The van der Waals surface area contributed by atoms with E-state index in [1.165, 1.54) is 11.3 Å². The van der Waals surface area contributed by atoms with Crippen molar-refractivity contribution in [3.05, 3.63) is 39.0 Å². The molecule has 0 aliphatic carbocycles. The lowest BCUT2D eigenvalue weighted by molar-refractivity contribution is 0.0955. The Morgan fingerprint density at radius 1 is 1.53 bits per heavy atom. The second-order valence-corrected chi connectivity index (χ2v) is 6.36. The molecule has 0 fully saturated rings. The van der Waals surface area contributed by atoms with Crippen LogP contribution in [0.4, 0.5) is 0 Å². The number of thiophene rings is 2. The summed E-state index contributed by atoms with van der Waals surface area (Å²) in [7, 11) is 1.90. The maximum Gasteiger partial charge on any atom is 0.261 e. The molecule has 0 aliphatic rings. The van der Waals surface area contributed by atoms with Gasteiger partial charge in [-0.05, 0) is 24.4 Å². The minimum Gasteiger partial charge on any atom is -0.346 e. The van der Waals surface area contributed by atoms with Crippen molar-refractivity contribution in [1.29, 1.82) is 0 Å². The van der Waals surface area contributed by atoms with Crippen LogP contribution in [0.2, 0.25) is 0 Å². The van der Waals surface area contributed by atoms with E-state index in [9.17, 15) is 4.79 Å². The zero-order valence-electron chi connectivity index (χ0n) is 10.6. The fourth-order valence-electron chi connectivity index (χ4n) is 1.98. The van der Waals surface area contributed by atoms with Crippen LogP contribution < -0.4 is 5.32 Å². The number of nitrogens with zero attached hydrogens (tertiary/aromatic N) is 2. The molecular weight excluding hydrogens is 278 g/mol. The van der Waals surface area contributed by atoms with Crippen LogP contribution in [-0.4, -0.2) is 15.7 Å². The van der Waals surface area contributed by atoms with Crippen molar-refractivity contribution in [2.45, 2.75) is 13.5 Å². The number of hydrogen-bond donors (Lipinski definition) is 1. The first-order valence-electron chi connectivity index (χ1n) is 5.89. The lowest BCUT2D eigenvalue weighted by atomic mass is 10.3. The van der Waals surface area contributed by atoms with Crippen LogP contribution >= 0.6 is 22.7 Å². The van der Waals surface area contributed by atoms with Gasteiger partial charge in [-0.25, -0.2) is 0 Å². The van der Waals surface area contributed by atoms with Crippen LogP contribution in [0.5, 0.6) is 0 Å². The van der Waals surface area contributed by atoms with Gasteiger partial charge in [-0.1, -0.05) is 6.07 Å². The number of fused-ring (bicyclic) bond motifs is 1. The molecule has 1 N–H and O–H groups in total. The molecule has 0 bridgehead atoms. The molecule has 0 aliphatic heterocycles. The van der Waals surface area contributed by atoms with E-state index >= 15 is 0 Å². The maximum absolute atomic E-state index is 12.1. The van der Waals surface area contributed by atoms with E-state index in [-0.39, 0.29) is 5.91 Å². The van der Waals surface area contributed by atoms with Crippen LogP contribution in [0.1, 0.15) is 20.2 Å². The fourth-order valence-corrected chi connectivity index (χ4v) is 3.67. The Bertz CT molecular complexity index is 690. The molecule has 3 rings (SSSR count). The van der Waals surface area contributed by atoms with E-state index in [4.69, 9.17) is 0 Å². The Hall–Kier alpha value is -1.66. The van der Waals surface area contributed by atoms with Gasteiger partial charge >= 0.3 is 0 Å². The van der Waals surface area contributed by atoms with Crippen molar-refractivity contribution in [2.75, 3.05) is 0 Å². The summed E-state index contributed by atoms with van der Waals surface area (Å²) in [6, 6.07) is 5.93. The lowest BCUT2D eigenvalue weighted by Crippen LogP contribution is -2.21. The SMILES string of the molecule is Cc1nn(C)c2sc(C(=O)NCc3cccs3)cc12. The normalized spacial score (nSPS) is 11.1. The Balaban J connectivity index is 1.79. The Morgan fingerprint density at radius 2 is 2.37 bits per heavy atom. The third kappa shape index (κ3) is 2.29. The van der Waals surface area contributed by atoms with Crippen molar-refractivity contribution in [1.82, 2.24) is 15.1 Å². The minimum atomic E-state index is -0.0194. The highest BCUT2D eigenvalue weighted by Crippen LogP contribution is 2.27. The highest BCUT2D eigenvalue weighted by atomic mass is 32.1. The van der Waals surface area contributed by atoms with Crippen molar-refractivity contribution < 1.29 is 4.79 Å². The molecule has 4 nitrogen and oxygen atoms in total. The van der Waals surface area contributed by atoms with Gasteiger partial charge in [0.15, 0.2) is 0 Å². The van der Waals surface area contributed by atoms with Gasteiger partial charge in [-0.3, -0.25) is 9.48 Å². The van der Waals surface area contributed by atoms with Crippen molar-refractivity contribution in [3.63, 3.8) is 0 Å². The van der Waals surface area contributed by atoms with Gasteiger partial charge in [0.2, 0.25) is 0 Å². The van der Waals surface area contributed by atoms with Gasteiger partial charge in [0, 0.05) is 17.3 Å². The number of carbonyl (C=O) groups excluding carboxylic acids is 1. The Morgan fingerprint density at radius 3 is 3.05 bits per heavy atom. The standard InChI is InChI=1S/C13H13N3OS2/c1-8-10-6-11(19-13(10)16(2)15-8)12(17)14-7-9-4-3-5-18-9/h3-6H,7H2,1-2H3,(H,14,17). The molecule has 0 spiro atoms. The van der Waals surface area contributed by atoms with Crippen molar-refractivity contribution in [3.8, 4) is 0 Å². The lowest BCUT2D eigenvalue weighted by Gasteiger charge is -2.00. The number of rotatable bonds is 3. The molecule has 6 heteroatoms. The van der Waals surface area contributed by atoms with E-state index in [1.807, 2.05) is 42.2 Å². The summed E-state index contributed by atoms with van der Waals surface area (Å²) in [5.74, 6) is -0.0194. The molecule has 1 amide bonds. The molecule has 0 saturated heterocycles.